The van der Waals surface area contributed by atoms with Crippen LogP contribution in [0.2, 0.25) is 0 Å². The van der Waals surface area contributed by atoms with E-state index in [-0.39, 0.29) is 11.9 Å². The zero-order valence-corrected chi connectivity index (χ0v) is 16.9. The second-order valence-electron chi connectivity index (χ2n) is 8.93. The molecule has 6 rings (SSSR count). The van der Waals surface area contributed by atoms with Crippen molar-refractivity contribution in [1.29, 1.82) is 0 Å². The molecule has 4 fully saturated rings. The second-order valence-corrected chi connectivity index (χ2v) is 9.79. The molecule has 5 nitrogen and oxygen atoms in total. The maximum atomic E-state index is 12.8. The maximum absolute atomic E-state index is 12.8. The fraction of sp³-hybridized carbons (Fsp3) is 0.524. The summed E-state index contributed by atoms with van der Waals surface area (Å²) in [5, 5.41) is 18.9. The highest BCUT2D eigenvalue weighted by Crippen LogP contribution is 2.55. The quantitative estimate of drug-likeness (QED) is 0.655. The summed E-state index contributed by atoms with van der Waals surface area (Å²) < 4.78 is 38.0. The van der Waals surface area contributed by atoms with Gasteiger partial charge in [0.05, 0.1) is 11.2 Å². The monoisotopic (exact) mass is 437 g/mol. The molecule has 2 aromatic rings. The van der Waals surface area contributed by atoms with Crippen LogP contribution in [-0.2, 0) is 6.18 Å². The zero-order chi connectivity index (χ0) is 21.1. The van der Waals surface area contributed by atoms with Gasteiger partial charge in [-0.3, -0.25) is 4.79 Å². The van der Waals surface area contributed by atoms with E-state index in [9.17, 15) is 23.1 Å². The summed E-state index contributed by atoms with van der Waals surface area (Å²) >= 11 is 1.23. The predicted molar refractivity (Wildman–Crippen MR) is 107 cm³/mol. The number of carbonyl (C=O) groups is 1. The third kappa shape index (κ3) is 3.69. The van der Waals surface area contributed by atoms with Crippen molar-refractivity contribution in [3.05, 3.63) is 40.9 Å². The Morgan fingerprint density at radius 3 is 2.40 bits per heavy atom. The summed E-state index contributed by atoms with van der Waals surface area (Å²) in [6.45, 7) is 0. The van der Waals surface area contributed by atoms with Crippen molar-refractivity contribution in [1.82, 2.24) is 10.3 Å². The van der Waals surface area contributed by atoms with Crippen LogP contribution in [0.1, 0.15) is 48.2 Å². The predicted octanol–water partition coefficient (Wildman–Crippen LogP) is 4.57. The molecule has 0 saturated heterocycles. The van der Waals surface area contributed by atoms with Gasteiger partial charge in [0.2, 0.25) is 0 Å². The Labute approximate surface area is 175 Å². The van der Waals surface area contributed by atoms with Crippen LogP contribution in [0.3, 0.4) is 0 Å². The third-order valence-corrected chi connectivity index (χ3v) is 7.50. The number of thiazole rings is 1. The highest BCUT2D eigenvalue weighted by atomic mass is 32.1. The summed E-state index contributed by atoms with van der Waals surface area (Å²) in [5.41, 5.74) is -0.495. The van der Waals surface area contributed by atoms with E-state index in [1.807, 2.05) is 0 Å². The van der Waals surface area contributed by atoms with E-state index in [0.29, 0.717) is 34.3 Å². The second kappa shape index (κ2) is 6.95. The molecule has 0 aliphatic heterocycles. The van der Waals surface area contributed by atoms with E-state index in [4.69, 9.17) is 0 Å². The lowest BCUT2D eigenvalue weighted by Gasteiger charge is -2.58. The topological polar surface area (TPSA) is 74.2 Å². The van der Waals surface area contributed by atoms with Gasteiger partial charge >= 0.3 is 6.18 Å². The van der Waals surface area contributed by atoms with E-state index in [0.717, 1.165) is 44.2 Å². The molecule has 0 spiro atoms. The number of amides is 1. The number of benzene rings is 1. The minimum Gasteiger partial charge on any atom is -0.390 e. The first kappa shape index (κ1) is 19.8. The molecular weight excluding hydrogens is 415 g/mol. The van der Waals surface area contributed by atoms with Gasteiger partial charge in [0, 0.05) is 17.1 Å². The van der Waals surface area contributed by atoms with E-state index in [1.54, 1.807) is 5.38 Å². The number of aromatic nitrogens is 1. The van der Waals surface area contributed by atoms with Crippen LogP contribution in [0, 0.1) is 17.8 Å². The number of aliphatic hydroxyl groups is 1. The molecule has 1 heterocycles. The van der Waals surface area contributed by atoms with Crippen LogP contribution in [0.15, 0.2) is 29.6 Å². The van der Waals surface area contributed by atoms with Gasteiger partial charge in [0.1, 0.15) is 5.69 Å². The first-order valence-corrected chi connectivity index (χ1v) is 11.0. The van der Waals surface area contributed by atoms with Gasteiger partial charge in [-0.2, -0.15) is 13.2 Å². The van der Waals surface area contributed by atoms with Crippen molar-refractivity contribution in [3.8, 4) is 0 Å². The first-order chi connectivity index (χ1) is 14.2. The van der Waals surface area contributed by atoms with Gasteiger partial charge in [0.15, 0.2) is 5.13 Å². The molecule has 2 atom stereocenters. The standard InChI is InChI=1S/C21H22F3N3O2S/c22-21(23,24)14-1-3-15(4-2-14)25-19-26-16(10-30-19)18(28)27-17-12-5-11-6-13(17)9-20(29,7-11)8-12/h1-4,10-13,17,29H,5-9H2,(H,25,26)(H,27,28). The van der Waals surface area contributed by atoms with Crippen molar-refractivity contribution < 1.29 is 23.1 Å². The number of anilines is 2. The summed E-state index contributed by atoms with van der Waals surface area (Å²) in [6.07, 6.45) is 0.138. The van der Waals surface area contributed by atoms with Gasteiger partial charge in [-0.25, -0.2) is 4.98 Å². The number of hydrogen-bond donors (Lipinski definition) is 3. The average Bonchev–Trinajstić information content (AvgIpc) is 3.11. The van der Waals surface area contributed by atoms with Gasteiger partial charge in [-0.05, 0) is 74.1 Å². The normalized spacial score (nSPS) is 32.3. The van der Waals surface area contributed by atoms with Crippen molar-refractivity contribution in [2.75, 3.05) is 5.32 Å². The molecule has 1 aromatic carbocycles. The Hall–Kier alpha value is -2.13. The number of rotatable bonds is 4. The molecule has 3 N–H and O–H groups in total. The molecular formula is C21H22F3N3O2S. The number of alkyl halides is 3. The summed E-state index contributed by atoms with van der Waals surface area (Å²) in [5.74, 6) is 0.956. The van der Waals surface area contributed by atoms with E-state index >= 15 is 0 Å². The van der Waals surface area contributed by atoms with Crippen LogP contribution in [0.5, 0.6) is 0 Å². The van der Waals surface area contributed by atoms with Gasteiger partial charge in [0.25, 0.3) is 5.91 Å². The van der Waals surface area contributed by atoms with Gasteiger partial charge in [-0.15, -0.1) is 11.3 Å². The molecule has 4 saturated carbocycles. The molecule has 1 amide bonds. The van der Waals surface area contributed by atoms with Gasteiger partial charge < -0.3 is 15.7 Å². The lowest BCUT2D eigenvalue weighted by atomic mass is 9.52. The number of nitrogens with zero attached hydrogens (tertiary/aromatic N) is 1. The highest BCUT2D eigenvalue weighted by molar-refractivity contribution is 7.14. The largest absolute Gasteiger partial charge is 0.416 e. The Morgan fingerprint density at radius 1 is 1.13 bits per heavy atom. The van der Waals surface area contributed by atoms with E-state index < -0.39 is 17.3 Å². The van der Waals surface area contributed by atoms with Crippen molar-refractivity contribution in [2.45, 2.75) is 49.9 Å². The Kier molecular flexibility index (Phi) is 4.59. The van der Waals surface area contributed by atoms with Crippen molar-refractivity contribution in [2.24, 2.45) is 17.8 Å². The van der Waals surface area contributed by atoms with Crippen LogP contribution in [0.25, 0.3) is 0 Å². The molecule has 4 aliphatic rings. The summed E-state index contributed by atoms with van der Waals surface area (Å²) in [7, 11) is 0. The zero-order valence-electron chi connectivity index (χ0n) is 16.1. The summed E-state index contributed by atoms with van der Waals surface area (Å²) in [4.78, 5) is 17.1. The molecule has 2 unspecified atom stereocenters. The smallest absolute Gasteiger partial charge is 0.390 e. The molecule has 1 aromatic heterocycles. The fourth-order valence-electron chi connectivity index (χ4n) is 5.74. The van der Waals surface area contributed by atoms with Crippen LogP contribution < -0.4 is 10.6 Å². The number of halogens is 3. The molecule has 160 valence electrons. The van der Waals surface area contributed by atoms with Crippen molar-refractivity contribution >= 4 is 28.1 Å². The Morgan fingerprint density at radius 2 is 1.80 bits per heavy atom. The van der Waals surface area contributed by atoms with Crippen molar-refractivity contribution in [3.63, 3.8) is 0 Å². The fourth-order valence-corrected chi connectivity index (χ4v) is 6.45. The SMILES string of the molecule is O=C(NC1C2CC3CC1CC(O)(C3)C2)c1csc(Nc2ccc(C(F)(F)F)cc2)n1. The van der Waals surface area contributed by atoms with Crippen LogP contribution in [-0.4, -0.2) is 27.6 Å². The Bertz CT molecular complexity index is 943. The number of carbonyl (C=O) groups excluding carboxylic acids is 1. The Balaban J connectivity index is 1.23. The minimum atomic E-state index is -4.38. The third-order valence-electron chi connectivity index (χ3n) is 6.74. The highest BCUT2D eigenvalue weighted by Gasteiger charge is 2.55. The molecule has 9 heteroatoms. The maximum Gasteiger partial charge on any atom is 0.416 e. The molecule has 0 radical (unpaired) electrons. The summed E-state index contributed by atoms with van der Waals surface area (Å²) in [6, 6.07) is 4.75. The van der Waals surface area contributed by atoms with Gasteiger partial charge in [-0.1, -0.05) is 0 Å². The first-order valence-electron chi connectivity index (χ1n) is 10.1. The average molecular weight is 437 g/mol. The lowest BCUT2D eigenvalue weighted by Crippen LogP contribution is -2.61. The van der Waals surface area contributed by atoms with Crippen LogP contribution >= 0.6 is 11.3 Å². The minimum absolute atomic E-state index is 0.0716. The number of nitrogens with one attached hydrogen (secondary N) is 2. The molecule has 30 heavy (non-hydrogen) atoms. The van der Waals surface area contributed by atoms with E-state index in [2.05, 4.69) is 15.6 Å². The lowest BCUT2D eigenvalue weighted by molar-refractivity contribution is -0.137. The molecule has 4 aliphatic carbocycles. The van der Waals surface area contributed by atoms with Crippen LogP contribution in [0.4, 0.5) is 24.0 Å². The molecule has 4 bridgehead atoms. The van der Waals surface area contributed by atoms with E-state index in [1.165, 1.54) is 23.5 Å². The number of hydrogen-bond acceptors (Lipinski definition) is 5.